The number of methoxy groups -OCH3 is 3. The Hall–Kier alpha value is -3.27. The van der Waals surface area contributed by atoms with E-state index in [1.54, 1.807) is 19.1 Å². The third-order valence-electron chi connectivity index (χ3n) is 5.07. The molecule has 1 saturated heterocycles. The maximum atomic E-state index is 12.6. The Morgan fingerprint density at radius 2 is 1.81 bits per heavy atom. The monoisotopic (exact) mass is 432 g/mol. The second-order valence-corrected chi connectivity index (χ2v) is 7.02. The number of morpholine rings is 1. The lowest BCUT2D eigenvalue weighted by Crippen LogP contribution is -2.38. The van der Waals surface area contributed by atoms with Crippen molar-refractivity contribution in [1.29, 1.82) is 0 Å². The normalized spacial score (nSPS) is 13.6. The minimum atomic E-state index is -0.245. The molecule has 1 aromatic carbocycles. The highest BCUT2D eigenvalue weighted by Gasteiger charge is 2.18. The highest BCUT2D eigenvalue weighted by molar-refractivity contribution is 5.91. The number of rotatable bonds is 8. The van der Waals surface area contributed by atoms with Crippen LogP contribution >= 0.6 is 0 Å². The van der Waals surface area contributed by atoms with Crippen molar-refractivity contribution < 1.29 is 23.7 Å². The molecule has 1 aromatic heterocycles. The van der Waals surface area contributed by atoms with Gasteiger partial charge in [-0.15, -0.1) is 0 Å². The van der Waals surface area contributed by atoms with Crippen molar-refractivity contribution in [2.75, 3.05) is 57.8 Å². The van der Waals surface area contributed by atoms with Gasteiger partial charge in [0.15, 0.2) is 11.5 Å². The average Bonchev–Trinajstić information content (AvgIpc) is 2.78. The summed E-state index contributed by atoms with van der Waals surface area (Å²) in [5.74, 6) is 1.61. The van der Waals surface area contributed by atoms with Gasteiger partial charge < -0.3 is 29.2 Å². The Balaban J connectivity index is 1.68. The zero-order valence-electron chi connectivity index (χ0n) is 18.2. The van der Waals surface area contributed by atoms with Crippen molar-refractivity contribution in [3.05, 3.63) is 33.7 Å². The van der Waals surface area contributed by atoms with E-state index in [0.717, 1.165) is 0 Å². The van der Waals surface area contributed by atoms with Gasteiger partial charge in [-0.05, 0) is 13.3 Å². The zero-order chi connectivity index (χ0) is 22.4. The van der Waals surface area contributed by atoms with E-state index in [4.69, 9.17) is 18.9 Å². The average molecular weight is 432 g/mol. The smallest absolute Gasteiger partial charge is 0.255 e. The van der Waals surface area contributed by atoms with E-state index >= 15 is 0 Å². The van der Waals surface area contributed by atoms with Gasteiger partial charge in [0, 0.05) is 48.6 Å². The van der Waals surface area contributed by atoms with Crippen LogP contribution in [-0.4, -0.2) is 63.5 Å². The lowest BCUT2D eigenvalue weighted by atomic mass is 10.1. The van der Waals surface area contributed by atoms with Gasteiger partial charge in [0.2, 0.25) is 17.6 Å². The van der Waals surface area contributed by atoms with Crippen molar-refractivity contribution in [3.63, 3.8) is 0 Å². The number of hydrogen-bond donors (Lipinski definition) is 2. The number of H-pyrrole nitrogens is 1. The summed E-state index contributed by atoms with van der Waals surface area (Å²) in [5, 5.41) is 2.81. The number of ether oxygens (including phenoxy) is 4. The van der Waals surface area contributed by atoms with E-state index in [0.29, 0.717) is 66.4 Å². The molecule has 1 amide bonds. The first-order valence-corrected chi connectivity index (χ1v) is 9.99. The van der Waals surface area contributed by atoms with Gasteiger partial charge in [-0.1, -0.05) is 0 Å². The number of nitrogens with zero attached hydrogens (tertiary/aromatic N) is 2. The summed E-state index contributed by atoms with van der Waals surface area (Å²) >= 11 is 0. The van der Waals surface area contributed by atoms with Crippen molar-refractivity contribution in [2.45, 2.75) is 19.8 Å². The first-order chi connectivity index (χ1) is 15.0. The molecule has 1 aliphatic rings. The first-order valence-electron chi connectivity index (χ1n) is 9.99. The maximum Gasteiger partial charge on any atom is 0.255 e. The number of aromatic nitrogens is 2. The second kappa shape index (κ2) is 10.2. The van der Waals surface area contributed by atoms with Crippen LogP contribution in [0.5, 0.6) is 17.2 Å². The topological polar surface area (TPSA) is 115 Å². The van der Waals surface area contributed by atoms with Crippen LogP contribution in [0.4, 0.5) is 11.6 Å². The van der Waals surface area contributed by atoms with Gasteiger partial charge in [0.1, 0.15) is 0 Å². The molecule has 0 saturated carbocycles. The van der Waals surface area contributed by atoms with E-state index in [1.165, 1.54) is 21.3 Å². The van der Waals surface area contributed by atoms with Crippen molar-refractivity contribution in [1.82, 2.24) is 9.97 Å². The summed E-state index contributed by atoms with van der Waals surface area (Å²) in [6, 6.07) is 3.30. The van der Waals surface area contributed by atoms with Gasteiger partial charge in [0.05, 0.1) is 34.5 Å². The van der Waals surface area contributed by atoms with Crippen molar-refractivity contribution >= 4 is 17.5 Å². The van der Waals surface area contributed by atoms with Crippen LogP contribution in [0.2, 0.25) is 0 Å². The fourth-order valence-corrected chi connectivity index (χ4v) is 3.43. The molecule has 1 aliphatic heterocycles. The molecule has 168 valence electrons. The highest BCUT2D eigenvalue weighted by Crippen LogP contribution is 2.39. The van der Waals surface area contributed by atoms with Crippen LogP contribution in [0.3, 0.4) is 0 Å². The molecule has 1 fully saturated rings. The second-order valence-electron chi connectivity index (χ2n) is 7.02. The summed E-state index contributed by atoms with van der Waals surface area (Å²) in [6.45, 7) is 4.35. The molecular formula is C21H28N4O6. The Bertz CT molecular complexity index is 959. The predicted octanol–water partition coefficient (Wildman–Crippen LogP) is 1.51. The van der Waals surface area contributed by atoms with Gasteiger partial charge in [0.25, 0.3) is 5.56 Å². The van der Waals surface area contributed by atoms with Crippen LogP contribution in [0.25, 0.3) is 0 Å². The summed E-state index contributed by atoms with van der Waals surface area (Å²) in [6.07, 6.45) is 0.396. The van der Waals surface area contributed by atoms with Gasteiger partial charge >= 0.3 is 0 Å². The largest absolute Gasteiger partial charge is 0.493 e. The predicted molar refractivity (Wildman–Crippen MR) is 116 cm³/mol. The molecule has 0 bridgehead atoms. The maximum absolute atomic E-state index is 12.6. The highest BCUT2D eigenvalue weighted by atomic mass is 16.5. The molecule has 31 heavy (non-hydrogen) atoms. The molecule has 10 nitrogen and oxygen atoms in total. The van der Waals surface area contributed by atoms with Crippen LogP contribution in [0.1, 0.15) is 17.7 Å². The fourth-order valence-electron chi connectivity index (χ4n) is 3.43. The molecule has 2 aromatic rings. The van der Waals surface area contributed by atoms with Gasteiger partial charge in [-0.2, -0.15) is 0 Å². The molecular weight excluding hydrogens is 404 g/mol. The molecule has 0 spiro atoms. The van der Waals surface area contributed by atoms with E-state index in [9.17, 15) is 9.59 Å². The molecule has 0 radical (unpaired) electrons. The fraction of sp³-hybridized carbons (Fsp3) is 0.476. The van der Waals surface area contributed by atoms with Gasteiger partial charge in [-0.3, -0.25) is 14.6 Å². The number of nitrogens with one attached hydrogen (secondary N) is 2. The summed E-state index contributed by atoms with van der Waals surface area (Å²) in [7, 11) is 4.52. The quantitative estimate of drug-likeness (QED) is 0.645. The lowest BCUT2D eigenvalue weighted by Gasteiger charge is -2.27. The summed E-state index contributed by atoms with van der Waals surface area (Å²) in [5.41, 5.74) is 1.39. The number of carbonyl (C=O) groups excluding carboxylic acids is 1. The molecule has 0 unspecified atom stereocenters. The van der Waals surface area contributed by atoms with Crippen LogP contribution in [0, 0.1) is 6.92 Å². The number of benzene rings is 1. The number of amides is 1. The van der Waals surface area contributed by atoms with E-state index < -0.39 is 0 Å². The standard InChI is InChI=1S/C21H28N4O6/c1-13-15(20(27)24-21(22-13)25-7-9-31-10-8-25)5-6-18(26)23-14-11-16(28-2)19(30-4)17(12-14)29-3/h11-12H,5-10H2,1-4H3,(H,23,26)(H,22,24,27). The van der Waals surface area contributed by atoms with E-state index in [1.807, 2.05) is 4.90 Å². The Labute approximate surface area is 180 Å². The number of carbonyl (C=O) groups is 1. The van der Waals surface area contributed by atoms with E-state index in [2.05, 4.69) is 15.3 Å². The number of anilines is 2. The Morgan fingerprint density at radius 3 is 2.35 bits per heavy atom. The van der Waals surface area contributed by atoms with Crippen molar-refractivity contribution in [3.8, 4) is 17.2 Å². The first kappa shape index (κ1) is 22.4. The SMILES string of the molecule is COc1cc(NC(=O)CCc2c(C)nc(N3CCOCC3)[nH]c2=O)cc(OC)c1OC. The number of aromatic amines is 1. The molecule has 3 rings (SSSR count). The lowest BCUT2D eigenvalue weighted by molar-refractivity contribution is -0.116. The zero-order valence-corrected chi connectivity index (χ0v) is 18.2. The molecule has 2 N–H and O–H groups in total. The summed E-state index contributed by atoms with van der Waals surface area (Å²) in [4.78, 5) is 34.4. The number of aryl methyl sites for hydroxylation is 1. The number of hydrogen-bond acceptors (Lipinski definition) is 8. The molecule has 0 atom stereocenters. The van der Waals surface area contributed by atoms with Crippen LogP contribution in [0.15, 0.2) is 16.9 Å². The molecule has 10 heteroatoms. The summed E-state index contributed by atoms with van der Waals surface area (Å²) < 4.78 is 21.2. The van der Waals surface area contributed by atoms with Crippen molar-refractivity contribution in [2.24, 2.45) is 0 Å². The molecule has 0 aliphatic carbocycles. The van der Waals surface area contributed by atoms with Crippen LogP contribution < -0.4 is 30.0 Å². The Morgan fingerprint density at radius 1 is 1.16 bits per heavy atom. The minimum absolute atomic E-state index is 0.124. The minimum Gasteiger partial charge on any atom is -0.493 e. The Kier molecular flexibility index (Phi) is 7.35. The molecule has 2 heterocycles. The third-order valence-corrected chi connectivity index (χ3v) is 5.07. The van der Waals surface area contributed by atoms with E-state index in [-0.39, 0.29) is 24.3 Å². The third kappa shape index (κ3) is 5.26. The van der Waals surface area contributed by atoms with Crippen LogP contribution in [-0.2, 0) is 16.0 Å². The van der Waals surface area contributed by atoms with Gasteiger partial charge in [-0.25, -0.2) is 4.98 Å².